The number of amides is 1. The molecule has 0 spiro atoms. The number of fused-ring (bicyclic) bond motifs is 1. The van der Waals surface area contributed by atoms with Gasteiger partial charge < -0.3 is 15.7 Å². The van der Waals surface area contributed by atoms with Gasteiger partial charge >= 0.3 is 0 Å². The second kappa shape index (κ2) is 8.22. The maximum Gasteiger partial charge on any atom is 0.252 e. The molecule has 3 N–H and O–H groups in total. The number of β-amino-alcohol motifs (C(OH)–C–C–N with tert-alkyl or cyclic N) is 1. The van der Waals surface area contributed by atoms with E-state index in [0.29, 0.717) is 18.5 Å². The van der Waals surface area contributed by atoms with E-state index in [2.05, 4.69) is 21.8 Å². The first-order valence-electron chi connectivity index (χ1n) is 10.9. The van der Waals surface area contributed by atoms with Crippen LogP contribution in [0.25, 0.3) is 22.0 Å². The second-order valence-corrected chi connectivity index (χ2v) is 8.41. The summed E-state index contributed by atoms with van der Waals surface area (Å²) in [4.78, 5) is 13.3. The maximum atomic E-state index is 13.3. The Kier molecular flexibility index (Phi) is 5.25. The fourth-order valence-corrected chi connectivity index (χ4v) is 4.55. The molecule has 1 saturated heterocycles. The van der Waals surface area contributed by atoms with Crippen LogP contribution in [0.4, 0.5) is 0 Å². The zero-order chi connectivity index (χ0) is 22.1. The molecule has 1 amide bonds. The van der Waals surface area contributed by atoms with Crippen molar-refractivity contribution in [3.8, 4) is 11.3 Å². The van der Waals surface area contributed by atoms with E-state index in [1.165, 1.54) is 0 Å². The smallest absolute Gasteiger partial charge is 0.252 e. The van der Waals surface area contributed by atoms with Crippen LogP contribution in [-0.2, 0) is 12.6 Å². The van der Waals surface area contributed by atoms with E-state index in [1.54, 1.807) is 4.68 Å². The van der Waals surface area contributed by atoms with Crippen molar-refractivity contribution in [2.45, 2.75) is 18.1 Å². The van der Waals surface area contributed by atoms with Gasteiger partial charge in [0.15, 0.2) is 0 Å². The summed E-state index contributed by atoms with van der Waals surface area (Å²) in [7, 11) is 1.90. The minimum Gasteiger partial charge on any atom is -0.389 e. The van der Waals surface area contributed by atoms with E-state index < -0.39 is 11.6 Å². The number of benzene rings is 3. The molecule has 32 heavy (non-hydrogen) atoms. The molecule has 2 atom stereocenters. The molecule has 1 aliphatic rings. The molecule has 3 aromatic carbocycles. The van der Waals surface area contributed by atoms with Gasteiger partial charge in [-0.2, -0.15) is 5.10 Å². The highest BCUT2D eigenvalue weighted by Crippen LogP contribution is 2.32. The predicted octanol–water partition coefficient (Wildman–Crippen LogP) is 3.22. The molecule has 6 heteroatoms. The lowest BCUT2D eigenvalue weighted by Gasteiger charge is -2.43. The van der Waals surface area contributed by atoms with E-state index in [1.807, 2.05) is 80.0 Å². The topological polar surface area (TPSA) is 79.2 Å². The second-order valence-electron chi connectivity index (χ2n) is 8.41. The molecule has 2 heterocycles. The summed E-state index contributed by atoms with van der Waals surface area (Å²) in [6.45, 7) is 1.16. The fourth-order valence-electron chi connectivity index (χ4n) is 4.55. The largest absolute Gasteiger partial charge is 0.389 e. The Morgan fingerprint density at radius 3 is 2.62 bits per heavy atom. The van der Waals surface area contributed by atoms with Crippen LogP contribution in [0.1, 0.15) is 22.3 Å². The van der Waals surface area contributed by atoms with Gasteiger partial charge in [0.25, 0.3) is 5.91 Å². The average Bonchev–Trinajstić information content (AvgIpc) is 3.26. The lowest BCUT2D eigenvalue weighted by atomic mass is 9.79. The number of nitrogens with one attached hydrogen (secondary N) is 2. The highest BCUT2D eigenvalue weighted by molar-refractivity contribution is 5.99. The molecule has 4 aromatic rings. The summed E-state index contributed by atoms with van der Waals surface area (Å²) in [5.74, 6) is -0.189. The third kappa shape index (κ3) is 3.68. The Morgan fingerprint density at radius 2 is 1.88 bits per heavy atom. The first-order valence-corrected chi connectivity index (χ1v) is 10.9. The van der Waals surface area contributed by atoms with Crippen LogP contribution in [0.2, 0.25) is 0 Å². The number of aromatic nitrogens is 2. The van der Waals surface area contributed by atoms with Gasteiger partial charge in [-0.15, -0.1) is 0 Å². The van der Waals surface area contributed by atoms with E-state index in [0.717, 1.165) is 34.1 Å². The van der Waals surface area contributed by atoms with Crippen molar-refractivity contribution >= 4 is 16.7 Å². The van der Waals surface area contributed by atoms with Crippen LogP contribution in [0.15, 0.2) is 79.0 Å². The standard InChI is InChI=1S/C26H26N4O2/c1-30-14-11-23(29-30)20-9-7-19-16-21(10-8-18(19)15-20)25(32)28-26(12-13-27-17-24(26)31)22-5-3-2-4-6-22/h2-11,14-16,24,27,31H,12-13,17H2,1H3,(H,28,32)/t24-,26+/m1/s1. The number of aliphatic hydroxyl groups is 1. The Morgan fingerprint density at radius 1 is 1.09 bits per heavy atom. The molecule has 1 fully saturated rings. The van der Waals surface area contributed by atoms with Crippen LogP contribution >= 0.6 is 0 Å². The Bertz CT molecular complexity index is 1270. The normalized spacial score (nSPS) is 20.9. The third-order valence-corrected chi connectivity index (χ3v) is 6.34. The monoisotopic (exact) mass is 426 g/mol. The van der Waals surface area contributed by atoms with E-state index in [9.17, 15) is 9.90 Å². The zero-order valence-corrected chi connectivity index (χ0v) is 18.0. The number of carbonyl (C=O) groups excluding carboxylic acids is 1. The van der Waals surface area contributed by atoms with Gasteiger partial charge in [-0.05, 0) is 53.6 Å². The molecular formula is C26H26N4O2. The summed E-state index contributed by atoms with van der Waals surface area (Å²) in [5, 5.41) is 23.8. The number of carbonyl (C=O) groups is 1. The summed E-state index contributed by atoms with van der Waals surface area (Å²) < 4.78 is 1.78. The number of piperidine rings is 1. The zero-order valence-electron chi connectivity index (χ0n) is 18.0. The third-order valence-electron chi connectivity index (χ3n) is 6.34. The number of aliphatic hydroxyl groups excluding tert-OH is 1. The van der Waals surface area contributed by atoms with Crippen LogP contribution in [0, 0.1) is 0 Å². The number of hydrogen-bond donors (Lipinski definition) is 3. The average molecular weight is 427 g/mol. The van der Waals surface area contributed by atoms with Crippen LogP contribution in [0.5, 0.6) is 0 Å². The summed E-state index contributed by atoms with van der Waals surface area (Å²) >= 11 is 0. The van der Waals surface area contributed by atoms with Crippen molar-refractivity contribution in [3.05, 3.63) is 90.1 Å². The number of hydrogen-bond acceptors (Lipinski definition) is 4. The molecule has 1 aromatic heterocycles. The maximum absolute atomic E-state index is 13.3. The quantitative estimate of drug-likeness (QED) is 0.468. The lowest BCUT2D eigenvalue weighted by Crippen LogP contribution is -2.61. The van der Waals surface area contributed by atoms with Gasteiger partial charge in [-0.3, -0.25) is 9.48 Å². The van der Waals surface area contributed by atoms with Crippen LogP contribution in [0.3, 0.4) is 0 Å². The Balaban J connectivity index is 1.45. The van der Waals surface area contributed by atoms with Gasteiger partial charge in [-0.1, -0.05) is 48.5 Å². The molecule has 0 bridgehead atoms. The van der Waals surface area contributed by atoms with Gasteiger partial charge in [0.05, 0.1) is 17.3 Å². The first-order chi connectivity index (χ1) is 15.5. The highest BCUT2D eigenvalue weighted by atomic mass is 16.3. The molecule has 0 radical (unpaired) electrons. The minimum atomic E-state index is -0.818. The predicted molar refractivity (Wildman–Crippen MR) is 125 cm³/mol. The molecular weight excluding hydrogens is 400 g/mol. The SMILES string of the molecule is Cn1ccc(-c2ccc3cc(C(=O)N[C@]4(c5ccccc5)CCNC[C@H]4O)ccc3c2)n1. The van der Waals surface area contributed by atoms with Crippen molar-refractivity contribution in [3.63, 3.8) is 0 Å². The highest BCUT2D eigenvalue weighted by Gasteiger charge is 2.42. The van der Waals surface area contributed by atoms with Crippen LogP contribution < -0.4 is 10.6 Å². The van der Waals surface area contributed by atoms with E-state index in [4.69, 9.17) is 0 Å². The van der Waals surface area contributed by atoms with Gasteiger partial charge in [0, 0.05) is 30.9 Å². The molecule has 0 unspecified atom stereocenters. The first kappa shape index (κ1) is 20.4. The van der Waals surface area contributed by atoms with Crippen molar-refractivity contribution in [2.24, 2.45) is 7.05 Å². The molecule has 1 aliphatic heterocycles. The molecule has 6 nitrogen and oxygen atoms in total. The summed E-state index contributed by atoms with van der Waals surface area (Å²) in [6, 6.07) is 23.6. The van der Waals surface area contributed by atoms with Gasteiger partial charge in [0.1, 0.15) is 0 Å². The molecule has 0 aliphatic carbocycles. The van der Waals surface area contributed by atoms with E-state index >= 15 is 0 Å². The summed E-state index contributed by atoms with van der Waals surface area (Å²) in [5.41, 5.74) is 2.63. The fraction of sp³-hybridized carbons (Fsp3) is 0.231. The molecule has 5 rings (SSSR count). The van der Waals surface area contributed by atoms with Crippen molar-refractivity contribution in [2.75, 3.05) is 13.1 Å². The lowest BCUT2D eigenvalue weighted by molar-refractivity contribution is 0.0290. The minimum absolute atomic E-state index is 0.189. The van der Waals surface area contributed by atoms with Crippen molar-refractivity contribution in [1.29, 1.82) is 0 Å². The van der Waals surface area contributed by atoms with Gasteiger partial charge in [-0.25, -0.2) is 0 Å². The van der Waals surface area contributed by atoms with Crippen molar-refractivity contribution in [1.82, 2.24) is 20.4 Å². The number of nitrogens with zero attached hydrogens (tertiary/aromatic N) is 2. The van der Waals surface area contributed by atoms with Crippen LogP contribution in [-0.4, -0.2) is 40.0 Å². The number of aryl methyl sites for hydroxylation is 1. The van der Waals surface area contributed by atoms with Gasteiger partial charge in [0.2, 0.25) is 0 Å². The Labute approximate surface area is 186 Å². The Hall–Kier alpha value is -3.48. The molecule has 0 saturated carbocycles. The summed E-state index contributed by atoms with van der Waals surface area (Å²) in [6.07, 6.45) is 1.82. The van der Waals surface area contributed by atoms with E-state index in [-0.39, 0.29) is 5.91 Å². The molecule has 162 valence electrons. The van der Waals surface area contributed by atoms with Crippen molar-refractivity contribution < 1.29 is 9.90 Å². The number of rotatable bonds is 4.